The highest BCUT2D eigenvalue weighted by Crippen LogP contribution is 2.13. The standard InChI is InChI=1S/C13H20N6O2/c1-4-9-8(7-18(3)17-9)6-15-10-11(14)19(5-2)13(21)16-12(10)20/h7,15H,4-6,14H2,1-3H3,(H,16,20,21). The molecular formula is C13H20N6O2. The van der Waals surface area contributed by atoms with Gasteiger partial charge in [0.1, 0.15) is 11.5 Å². The van der Waals surface area contributed by atoms with E-state index < -0.39 is 11.2 Å². The van der Waals surface area contributed by atoms with Crippen molar-refractivity contribution in [3.63, 3.8) is 0 Å². The van der Waals surface area contributed by atoms with Crippen LogP contribution in [-0.2, 0) is 26.6 Å². The quantitative estimate of drug-likeness (QED) is 0.721. The van der Waals surface area contributed by atoms with Gasteiger partial charge in [-0.2, -0.15) is 5.10 Å². The SMILES string of the molecule is CCc1nn(C)cc1CNc1c(N)n(CC)c(=O)[nH]c1=O. The molecule has 0 saturated heterocycles. The number of nitrogen functional groups attached to an aromatic ring is 1. The van der Waals surface area contributed by atoms with Crippen molar-refractivity contribution >= 4 is 11.5 Å². The molecule has 0 aliphatic rings. The third kappa shape index (κ3) is 2.83. The van der Waals surface area contributed by atoms with Crippen molar-refractivity contribution in [1.29, 1.82) is 0 Å². The smallest absolute Gasteiger partial charge is 0.330 e. The van der Waals surface area contributed by atoms with Crippen LogP contribution in [0.2, 0.25) is 0 Å². The fraction of sp³-hybridized carbons (Fsp3) is 0.462. The Bertz CT molecular complexity index is 755. The lowest BCUT2D eigenvalue weighted by molar-refractivity contribution is 0.706. The summed E-state index contributed by atoms with van der Waals surface area (Å²) >= 11 is 0. The third-order valence-electron chi connectivity index (χ3n) is 3.34. The highest BCUT2D eigenvalue weighted by Gasteiger charge is 2.12. The molecule has 0 atom stereocenters. The van der Waals surface area contributed by atoms with Gasteiger partial charge in [0, 0.05) is 31.9 Å². The Hall–Kier alpha value is -2.51. The summed E-state index contributed by atoms with van der Waals surface area (Å²) in [5.74, 6) is 0.146. The van der Waals surface area contributed by atoms with Gasteiger partial charge in [-0.25, -0.2) is 4.79 Å². The first-order chi connectivity index (χ1) is 9.97. The molecule has 8 nitrogen and oxygen atoms in total. The van der Waals surface area contributed by atoms with Crippen molar-refractivity contribution in [2.24, 2.45) is 7.05 Å². The molecule has 2 aromatic heterocycles. The maximum Gasteiger partial charge on any atom is 0.330 e. The van der Waals surface area contributed by atoms with Crippen LogP contribution in [0.4, 0.5) is 11.5 Å². The summed E-state index contributed by atoms with van der Waals surface area (Å²) in [5, 5.41) is 7.34. The first-order valence-electron chi connectivity index (χ1n) is 6.85. The number of aromatic amines is 1. The van der Waals surface area contributed by atoms with Crippen molar-refractivity contribution in [1.82, 2.24) is 19.3 Å². The number of anilines is 2. The molecule has 0 aliphatic heterocycles. The lowest BCUT2D eigenvalue weighted by Crippen LogP contribution is -2.33. The van der Waals surface area contributed by atoms with Crippen molar-refractivity contribution in [3.8, 4) is 0 Å². The Balaban J connectivity index is 2.32. The molecule has 2 aromatic rings. The van der Waals surface area contributed by atoms with Crippen LogP contribution < -0.4 is 22.3 Å². The summed E-state index contributed by atoms with van der Waals surface area (Å²) in [6.45, 7) is 4.62. The van der Waals surface area contributed by atoms with Crippen molar-refractivity contribution in [2.75, 3.05) is 11.1 Å². The maximum atomic E-state index is 11.9. The molecule has 0 aromatic carbocycles. The molecular weight excluding hydrogens is 272 g/mol. The van der Waals surface area contributed by atoms with Gasteiger partial charge < -0.3 is 11.1 Å². The number of nitrogens with two attached hydrogens (primary N) is 1. The summed E-state index contributed by atoms with van der Waals surface area (Å²) in [7, 11) is 1.85. The van der Waals surface area contributed by atoms with Gasteiger partial charge in [-0.1, -0.05) is 6.92 Å². The topological polar surface area (TPSA) is 111 Å². The molecule has 0 fully saturated rings. The van der Waals surface area contributed by atoms with E-state index in [0.717, 1.165) is 17.7 Å². The molecule has 0 saturated carbocycles. The second-order valence-corrected chi connectivity index (χ2v) is 4.75. The van der Waals surface area contributed by atoms with Gasteiger partial charge in [0.05, 0.1) is 5.69 Å². The van der Waals surface area contributed by atoms with Crippen LogP contribution in [0.1, 0.15) is 25.1 Å². The lowest BCUT2D eigenvalue weighted by atomic mass is 10.2. The number of rotatable bonds is 5. The molecule has 0 amide bonds. The Morgan fingerprint density at radius 1 is 1.38 bits per heavy atom. The summed E-state index contributed by atoms with van der Waals surface area (Å²) in [6.07, 6.45) is 2.70. The average Bonchev–Trinajstić information content (AvgIpc) is 2.79. The number of H-pyrrole nitrogens is 1. The van der Waals surface area contributed by atoms with E-state index in [1.807, 2.05) is 20.2 Å². The van der Waals surface area contributed by atoms with Crippen LogP contribution in [0.5, 0.6) is 0 Å². The summed E-state index contributed by atoms with van der Waals surface area (Å²) in [4.78, 5) is 25.7. The molecule has 0 radical (unpaired) electrons. The maximum absolute atomic E-state index is 11.9. The molecule has 2 rings (SSSR count). The van der Waals surface area contributed by atoms with Crippen molar-refractivity contribution in [2.45, 2.75) is 33.4 Å². The van der Waals surface area contributed by atoms with Gasteiger partial charge in [-0.05, 0) is 13.3 Å². The number of nitrogens with one attached hydrogen (secondary N) is 2. The van der Waals surface area contributed by atoms with Gasteiger partial charge in [0.15, 0.2) is 0 Å². The van der Waals surface area contributed by atoms with E-state index >= 15 is 0 Å². The van der Waals surface area contributed by atoms with E-state index in [0.29, 0.717) is 13.1 Å². The Morgan fingerprint density at radius 2 is 2.10 bits per heavy atom. The summed E-state index contributed by atoms with van der Waals surface area (Å²) in [6, 6.07) is 0. The second-order valence-electron chi connectivity index (χ2n) is 4.75. The number of aryl methyl sites for hydroxylation is 2. The first kappa shape index (κ1) is 14.9. The minimum absolute atomic E-state index is 0.146. The van der Waals surface area contributed by atoms with E-state index in [-0.39, 0.29) is 11.5 Å². The predicted octanol–water partition coefficient (Wildman–Crippen LogP) is 0.0467. The number of nitrogens with zero attached hydrogens (tertiary/aromatic N) is 3. The fourth-order valence-electron chi connectivity index (χ4n) is 2.29. The lowest BCUT2D eigenvalue weighted by Gasteiger charge is -2.12. The number of aromatic nitrogens is 4. The van der Waals surface area contributed by atoms with Gasteiger partial charge in [-0.3, -0.25) is 19.0 Å². The molecule has 2 heterocycles. The normalized spacial score (nSPS) is 10.8. The highest BCUT2D eigenvalue weighted by atomic mass is 16.2. The van der Waals surface area contributed by atoms with Crippen molar-refractivity contribution in [3.05, 3.63) is 38.3 Å². The zero-order valence-corrected chi connectivity index (χ0v) is 12.4. The number of hydrogen-bond donors (Lipinski definition) is 3. The van der Waals surface area contributed by atoms with Crippen LogP contribution >= 0.6 is 0 Å². The summed E-state index contributed by atoms with van der Waals surface area (Å²) < 4.78 is 3.05. The molecule has 0 aliphatic carbocycles. The van der Waals surface area contributed by atoms with Gasteiger partial charge in [0.25, 0.3) is 5.56 Å². The van der Waals surface area contributed by atoms with Gasteiger partial charge in [-0.15, -0.1) is 0 Å². The molecule has 0 spiro atoms. The third-order valence-corrected chi connectivity index (χ3v) is 3.34. The largest absolute Gasteiger partial charge is 0.383 e. The van der Waals surface area contributed by atoms with Crippen LogP contribution in [0.15, 0.2) is 15.8 Å². The average molecular weight is 292 g/mol. The van der Waals surface area contributed by atoms with E-state index in [2.05, 4.69) is 15.4 Å². The minimum atomic E-state index is -0.510. The Morgan fingerprint density at radius 3 is 2.71 bits per heavy atom. The molecule has 114 valence electrons. The highest BCUT2D eigenvalue weighted by molar-refractivity contribution is 5.60. The molecule has 21 heavy (non-hydrogen) atoms. The van der Waals surface area contributed by atoms with Crippen molar-refractivity contribution < 1.29 is 0 Å². The zero-order chi connectivity index (χ0) is 15.6. The minimum Gasteiger partial charge on any atom is -0.383 e. The molecule has 8 heteroatoms. The Kier molecular flexibility index (Phi) is 4.15. The van der Waals surface area contributed by atoms with E-state index in [4.69, 9.17) is 5.73 Å². The van der Waals surface area contributed by atoms with Crippen LogP contribution in [0.25, 0.3) is 0 Å². The van der Waals surface area contributed by atoms with E-state index in [1.54, 1.807) is 11.6 Å². The fourth-order valence-corrected chi connectivity index (χ4v) is 2.29. The van der Waals surface area contributed by atoms with Gasteiger partial charge >= 0.3 is 5.69 Å². The van der Waals surface area contributed by atoms with E-state index in [1.165, 1.54) is 4.57 Å². The van der Waals surface area contributed by atoms with Gasteiger partial charge in [0.2, 0.25) is 0 Å². The second kappa shape index (κ2) is 5.86. The molecule has 4 N–H and O–H groups in total. The van der Waals surface area contributed by atoms with Crippen LogP contribution in [0, 0.1) is 0 Å². The molecule has 0 bridgehead atoms. The summed E-state index contributed by atoms with van der Waals surface area (Å²) in [5.41, 5.74) is 7.05. The molecule has 0 unspecified atom stereocenters. The Labute approximate surface area is 121 Å². The van der Waals surface area contributed by atoms with Crippen LogP contribution in [-0.4, -0.2) is 19.3 Å². The predicted molar refractivity (Wildman–Crippen MR) is 81.3 cm³/mol. The van der Waals surface area contributed by atoms with E-state index in [9.17, 15) is 9.59 Å². The van der Waals surface area contributed by atoms with Crippen LogP contribution in [0.3, 0.4) is 0 Å². The number of hydrogen-bond acceptors (Lipinski definition) is 5. The zero-order valence-electron chi connectivity index (χ0n) is 12.4. The first-order valence-corrected chi connectivity index (χ1v) is 6.85. The monoisotopic (exact) mass is 292 g/mol.